The number of nitrogens with zero attached hydrogens (tertiary/aromatic N) is 3. The third kappa shape index (κ3) is 2.90. The van der Waals surface area contributed by atoms with Crippen molar-refractivity contribution in [1.82, 2.24) is 10.3 Å². The first-order valence-electron chi connectivity index (χ1n) is 8.21. The van der Waals surface area contributed by atoms with Gasteiger partial charge in [0, 0.05) is 5.75 Å². The molecule has 1 N–H and O–H groups in total. The lowest BCUT2D eigenvalue weighted by Gasteiger charge is -2.26. The number of amidine groups is 1. The summed E-state index contributed by atoms with van der Waals surface area (Å²) in [5.41, 5.74) is 5.40. The summed E-state index contributed by atoms with van der Waals surface area (Å²) in [7, 11) is 0. The third-order valence-corrected chi connectivity index (χ3v) is 5.23. The van der Waals surface area contributed by atoms with Crippen molar-refractivity contribution in [3.8, 4) is 0 Å². The van der Waals surface area contributed by atoms with Crippen LogP contribution in [0.25, 0.3) is 0 Å². The summed E-state index contributed by atoms with van der Waals surface area (Å²) in [6.07, 6.45) is 0. The van der Waals surface area contributed by atoms with Crippen LogP contribution in [0.5, 0.6) is 0 Å². The molecule has 1 unspecified atom stereocenters. The summed E-state index contributed by atoms with van der Waals surface area (Å²) in [6.45, 7) is 1.82. The normalized spacial score (nSPS) is 19.2. The van der Waals surface area contributed by atoms with Crippen LogP contribution in [-0.4, -0.2) is 39.4 Å². The molecule has 6 nitrogen and oxygen atoms in total. The number of rotatable bonds is 3. The zero-order valence-electron chi connectivity index (χ0n) is 14.0. The smallest absolute Gasteiger partial charge is 0.262 e. The number of para-hydroxylation sites is 1. The molecule has 0 spiro atoms. The van der Waals surface area contributed by atoms with E-state index in [1.807, 2.05) is 37.3 Å². The summed E-state index contributed by atoms with van der Waals surface area (Å²) in [5, 5.41) is 5.04. The number of thioether (sulfide) groups is 1. The third-order valence-electron chi connectivity index (χ3n) is 4.33. The fourth-order valence-electron chi connectivity index (χ4n) is 2.93. The lowest BCUT2D eigenvalue weighted by Crippen LogP contribution is -2.45. The molecule has 0 radical (unpaired) electrons. The van der Waals surface area contributed by atoms with Crippen LogP contribution in [-0.2, 0) is 0 Å². The van der Waals surface area contributed by atoms with Gasteiger partial charge < -0.3 is 0 Å². The van der Waals surface area contributed by atoms with Crippen LogP contribution in [0.15, 0.2) is 64.7 Å². The molecule has 2 aromatic carbocycles. The van der Waals surface area contributed by atoms with Crippen LogP contribution in [0.2, 0.25) is 0 Å². The topological polar surface area (TPSA) is 74.1 Å². The molecule has 0 fully saturated rings. The number of aliphatic imine (C=N–C) groups is 1. The Morgan fingerprint density at radius 3 is 2.23 bits per heavy atom. The molecule has 2 amide bonds. The van der Waals surface area contributed by atoms with Gasteiger partial charge in [0.05, 0.1) is 28.6 Å². The van der Waals surface area contributed by atoms with Crippen molar-refractivity contribution in [2.75, 3.05) is 5.75 Å². The van der Waals surface area contributed by atoms with E-state index in [1.54, 1.807) is 24.3 Å². The fraction of sp³-hybridized carbons (Fsp3) is 0.158. The standard InChI is InChI=1S/C19H16N4O2S/c1-12(23-17(24)14-9-5-6-10-15(14)18(23)25)16-11-26-19(22-21-16)20-13-7-3-2-4-8-13/h2-10,12H,11H2,1H3,(H,20,22). The number of amides is 2. The Labute approximate surface area is 155 Å². The van der Waals surface area contributed by atoms with E-state index in [0.29, 0.717) is 22.0 Å². The zero-order chi connectivity index (χ0) is 18.1. The molecule has 2 aromatic rings. The number of carbonyl (C=O) groups is 2. The molecule has 0 aromatic heterocycles. The summed E-state index contributed by atoms with van der Waals surface area (Å²) < 4.78 is 0. The van der Waals surface area contributed by atoms with E-state index in [0.717, 1.165) is 11.4 Å². The minimum Gasteiger partial charge on any atom is -0.269 e. The molecule has 2 aliphatic rings. The summed E-state index contributed by atoms with van der Waals surface area (Å²) in [4.78, 5) is 31.0. The molecular formula is C19H16N4O2S. The Morgan fingerprint density at radius 1 is 1.04 bits per heavy atom. The van der Waals surface area contributed by atoms with Crippen LogP contribution in [0.3, 0.4) is 0 Å². The van der Waals surface area contributed by atoms with Crippen molar-refractivity contribution in [2.24, 2.45) is 10.1 Å². The highest BCUT2D eigenvalue weighted by molar-refractivity contribution is 8.14. The minimum absolute atomic E-state index is 0.269. The molecule has 0 saturated heterocycles. The van der Waals surface area contributed by atoms with Crippen molar-refractivity contribution in [2.45, 2.75) is 13.0 Å². The van der Waals surface area contributed by atoms with E-state index in [-0.39, 0.29) is 11.8 Å². The number of nitrogens with one attached hydrogen (secondary N) is 1. The first-order chi connectivity index (χ1) is 12.6. The predicted molar refractivity (Wildman–Crippen MR) is 103 cm³/mol. The maximum Gasteiger partial charge on any atom is 0.262 e. The Kier molecular flexibility index (Phi) is 4.30. The number of carbonyl (C=O) groups excluding carboxylic acids is 2. The Hall–Kier alpha value is -2.93. The second kappa shape index (κ2) is 6.76. The fourth-order valence-corrected chi connectivity index (χ4v) is 3.80. The van der Waals surface area contributed by atoms with Crippen LogP contribution in [0.1, 0.15) is 27.6 Å². The minimum atomic E-state index is -0.416. The number of imide groups is 1. The largest absolute Gasteiger partial charge is 0.269 e. The van der Waals surface area contributed by atoms with Crippen molar-refractivity contribution >= 4 is 40.1 Å². The quantitative estimate of drug-likeness (QED) is 0.850. The lowest BCUT2D eigenvalue weighted by atomic mass is 10.1. The van der Waals surface area contributed by atoms with Crippen LogP contribution >= 0.6 is 11.8 Å². The molecular weight excluding hydrogens is 348 g/mol. The lowest BCUT2D eigenvalue weighted by molar-refractivity contribution is 0.0634. The Morgan fingerprint density at radius 2 is 1.65 bits per heavy atom. The molecule has 2 heterocycles. The Bertz CT molecular complexity index is 905. The predicted octanol–water partition coefficient (Wildman–Crippen LogP) is 3.05. The first kappa shape index (κ1) is 16.5. The van der Waals surface area contributed by atoms with Gasteiger partial charge in [-0.15, -0.1) is 0 Å². The van der Waals surface area contributed by atoms with Gasteiger partial charge in [-0.2, -0.15) is 5.10 Å². The van der Waals surface area contributed by atoms with Crippen molar-refractivity contribution < 1.29 is 9.59 Å². The van der Waals surface area contributed by atoms with Gasteiger partial charge in [0.15, 0.2) is 5.17 Å². The second-order valence-electron chi connectivity index (χ2n) is 5.96. The number of hydrazone groups is 1. The van der Waals surface area contributed by atoms with Gasteiger partial charge in [0.25, 0.3) is 11.8 Å². The number of fused-ring (bicyclic) bond motifs is 1. The molecule has 0 bridgehead atoms. The van der Waals surface area contributed by atoms with Crippen LogP contribution in [0, 0.1) is 0 Å². The van der Waals surface area contributed by atoms with Crippen LogP contribution in [0.4, 0.5) is 5.69 Å². The van der Waals surface area contributed by atoms with Gasteiger partial charge in [-0.25, -0.2) is 4.99 Å². The molecule has 26 heavy (non-hydrogen) atoms. The maximum atomic E-state index is 12.6. The van der Waals surface area contributed by atoms with Gasteiger partial charge >= 0.3 is 0 Å². The molecule has 1 atom stereocenters. The van der Waals surface area contributed by atoms with Crippen molar-refractivity contribution in [1.29, 1.82) is 0 Å². The van der Waals surface area contributed by atoms with Gasteiger partial charge in [0.1, 0.15) is 0 Å². The molecule has 130 valence electrons. The SMILES string of the molecule is CC(C1=NNC(=Nc2ccccc2)SC1)N1C(=O)c2ccccc2C1=O. The first-order valence-corrected chi connectivity index (χ1v) is 9.19. The highest BCUT2D eigenvalue weighted by atomic mass is 32.2. The van der Waals surface area contributed by atoms with Crippen LogP contribution < -0.4 is 5.43 Å². The number of hydrogen-bond donors (Lipinski definition) is 1. The number of hydrogen-bond acceptors (Lipinski definition) is 5. The molecule has 2 aliphatic heterocycles. The van der Waals surface area contributed by atoms with Crippen molar-refractivity contribution in [3.63, 3.8) is 0 Å². The van der Waals surface area contributed by atoms with E-state index in [1.165, 1.54) is 16.7 Å². The Balaban J connectivity index is 1.52. The molecule has 0 aliphatic carbocycles. The average Bonchev–Trinajstić information content (AvgIpc) is 2.94. The summed E-state index contributed by atoms with van der Waals surface area (Å²) in [6, 6.07) is 16.1. The number of benzene rings is 2. The summed E-state index contributed by atoms with van der Waals surface area (Å²) >= 11 is 1.50. The van der Waals surface area contributed by atoms with E-state index < -0.39 is 6.04 Å². The molecule has 4 rings (SSSR count). The molecule has 7 heteroatoms. The maximum absolute atomic E-state index is 12.6. The van der Waals surface area contributed by atoms with E-state index in [9.17, 15) is 9.59 Å². The molecule has 0 saturated carbocycles. The van der Waals surface area contributed by atoms with Gasteiger partial charge in [-0.05, 0) is 31.2 Å². The second-order valence-corrected chi connectivity index (χ2v) is 6.92. The van der Waals surface area contributed by atoms with E-state index in [2.05, 4.69) is 15.5 Å². The monoisotopic (exact) mass is 364 g/mol. The van der Waals surface area contributed by atoms with Crippen molar-refractivity contribution in [3.05, 3.63) is 65.7 Å². The van der Waals surface area contributed by atoms with Gasteiger partial charge in [-0.1, -0.05) is 42.1 Å². The van der Waals surface area contributed by atoms with Gasteiger partial charge in [0.2, 0.25) is 0 Å². The summed E-state index contributed by atoms with van der Waals surface area (Å²) in [5.74, 6) is 0.0249. The van der Waals surface area contributed by atoms with E-state index >= 15 is 0 Å². The zero-order valence-corrected chi connectivity index (χ0v) is 14.9. The highest BCUT2D eigenvalue weighted by Crippen LogP contribution is 2.26. The van der Waals surface area contributed by atoms with Gasteiger partial charge in [-0.3, -0.25) is 19.9 Å². The highest BCUT2D eigenvalue weighted by Gasteiger charge is 2.40. The van der Waals surface area contributed by atoms with E-state index in [4.69, 9.17) is 0 Å². The average molecular weight is 364 g/mol.